The number of sulfonamides is 1. The van der Waals surface area contributed by atoms with Crippen LogP contribution in [0.5, 0.6) is 11.5 Å². The summed E-state index contributed by atoms with van der Waals surface area (Å²) in [6, 6.07) is 22.5. The molecule has 0 radical (unpaired) electrons. The van der Waals surface area contributed by atoms with Crippen molar-refractivity contribution < 1.29 is 27.5 Å². The third-order valence-corrected chi connectivity index (χ3v) is 7.20. The Morgan fingerprint density at radius 3 is 2.21 bits per heavy atom. The molecule has 0 saturated carbocycles. The van der Waals surface area contributed by atoms with Crippen LogP contribution in [0.15, 0.2) is 78.9 Å². The first-order valence-corrected chi connectivity index (χ1v) is 14.4. The van der Waals surface area contributed by atoms with Crippen LogP contribution in [0.1, 0.15) is 25.0 Å². The number of nitrogens with zero attached hydrogens (tertiary/aromatic N) is 2. The molecule has 0 aliphatic rings. The zero-order valence-electron chi connectivity index (χ0n) is 22.7. The van der Waals surface area contributed by atoms with Crippen molar-refractivity contribution in [2.75, 3.05) is 30.8 Å². The first-order valence-electron chi connectivity index (χ1n) is 12.6. The summed E-state index contributed by atoms with van der Waals surface area (Å²) in [7, 11) is -2.29. The highest BCUT2D eigenvalue weighted by atomic mass is 32.2. The Labute approximate surface area is 230 Å². The average Bonchev–Trinajstić information content (AvgIpc) is 2.93. The first kappa shape index (κ1) is 29.5. The molecule has 1 N–H and O–H groups in total. The summed E-state index contributed by atoms with van der Waals surface area (Å²) in [6.07, 6.45) is 1.04. The van der Waals surface area contributed by atoms with Gasteiger partial charge in [0.15, 0.2) is 0 Å². The van der Waals surface area contributed by atoms with E-state index < -0.39 is 28.5 Å². The van der Waals surface area contributed by atoms with Crippen LogP contribution in [-0.4, -0.2) is 57.6 Å². The molecule has 9 nitrogen and oxygen atoms in total. The maximum Gasteiger partial charge on any atom is 0.244 e. The summed E-state index contributed by atoms with van der Waals surface area (Å²) >= 11 is 0. The quantitative estimate of drug-likeness (QED) is 0.347. The summed E-state index contributed by atoms with van der Waals surface area (Å²) < 4.78 is 37.6. The molecule has 208 valence electrons. The third kappa shape index (κ3) is 8.47. The number of anilines is 1. The van der Waals surface area contributed by atoms with Gasteiger partial charge in [-0.3, -0.25) is 13.9 Å². The number of hydrogen-bond donors (Lipinski definition) is 1. The molecule has 2 amide bonds. The lowest BCUT2D eigenvalue weighted by atomic mass is 10.1. The predicted octanol–water partition coefficient (Wildman–Crippen LogP) is 3.59. The van der Waals surface area contributed by atoms with Crippen LogP contribution in [0.2, 0.25) is 0 Å². The molecule has 3 aromatic carbocycles. The highest BCUT2D eigenvalue weighted by Gasteiger charge is 2.30. The van der Waals surface area contributed by atoms with Crippen LogP contribution in [-0.2, 0) is 32.8 Å². The van der Waals surface area contributed by atoms with Crippen molar-refractivity contribution in [2.45, 2.75) is 33.0 Å². The van der Waals surface area contributed by atoms with Gasteiger partial charge in [0, 0.05) is 13.1 Å². The van der Waals surface area contributed by atoms with E-state index in [1.165, 1.54) is 4.90 Å². The van der Waals surface area contributed by atoms with Gasteiger partial charge in [-0.15, -0.1) is 0 Å². The number of nitrogens with one attached hydrogen (secondary N) is 1. The molecule has 10 heteroatoms. The molecule has 0 saturated heterocycles. The van der Waals surface area contributed by atoms with Gasteiger partial charge in [-0.1, -0.05) is 42.5 Å². The number of carbonyl (C=O) groups is 2. The molecule has 0 heterocycles. The van der Waals surface area contributed by atoms with E-state index in [2.05, 4.69) is 5.32 Å². The van der Waals surface area contributed by atoms with Crippen molar-refractivity contribution in [3.05, 3.63) is 90.0 Å². The van der Waals surface area contributed by atoms with Crippen molar-refractivity contribution in [1.29, 1.82) is 0 Å². The van der Waals surface area contributed by atoms with Gasteiger partial charge in [0.05, 0.1) is 19.1 Å². The molecule has 0 bridgehead atoms. The summed E-state index contributed by atoms with van der Waals surface area (Å²) in [5.74, 6) is 0.316. The maximum absolute atomic E-state index is 13.6. The molecule has 1 unspecified atom stereocenters. The fourth-order valence-corrected chi connectivity index (χ4v) is 4.78. The molecular weight excluding hydrogens is 518 g/mol. The van der Waals surface area contributed by atoms with Crippen LogP contribution >= 0.6 is 0 Å². The van der Waals surface area contributed by atoms with Crippen molar-refractivity contribution in [2.24, 2.45) is 0 Å². The van der Waals surface area contributed by atoms with E-state index in [1.54, 1.807) is 63.4 Å². The lowest BCUT2D eigenvalue weighted by Gasteiger charge is -2.31. The van der Waals surface area contributed by atoms with Crippen molar-refractivity contribution in [3.8, 4) is 11.5 Å². The number of methoxy groups -OCH3 is 1. The molecule has 3 aromatic rings. The molecule has 3 rings (SSSR count). The maximum atomic E-state index is 13.6. The normalized spacial score (nSPS) is 11.8. The third-order valence-electron chi connectivity index (χ3n) is 6.06. The van der Waals surface area contributed by atoms with Gasteiger partial charge in [0.25, 0.3) is 0 Å². The van der Waals surface area contributed by atoms with Gasteiger partial charge in [-0.25, -0.2) is 8.42 Å². The number of rotatable bonds is 13. The van der Waals surface area contributed by atoms with E-state index in [9.17, 15) is 18.0 Å². The number of carbonyl (C=O) groups excluding carboxylic acids is 2. The van der Waals surface area contributed by atoms with E-state index >= 15 is 0 Å². The average molecular weight is 554 g/mol. The lowest BCUT2D eigenvalue weighted by Crippen LogP contribution is -2.51. The molecule has 39 heavy (non-hydrogen) atoms. The summed E-state index contributed by atoms with van der Waals surface area (Å²) in [5, 5.41) is 2.73. The molecule has 0 fully saturated rings. The monoisotopic (exact) mass is 553 g/mol. The molecule has 0 aliphatic carbocycles. The highest BCUT2D eigenvalue weighted by Crippen LogP contribution is 2.23. The summed E-state index contributed by atoms with van der Waals surface area (Å²) in [5.41, 5.74) is 2.05. The smallest absolute Gasteiger partial charge is 0.244 e. The fourth-order valence-electron chi connectivity index (χ4n) is 3.94. The number of likely N-dealkylation sites (N-methyl/N-ethyl adjacent to an activating group) is 1. The minimum atomic E-state index is -3.83. The first-order chi connectivity index (χ1) is 18.6. The van der Waals surface area contributed by atoms with E-state index in [4.69, 9.17) is 9.47 Å². The van der Waals surface area contributed by atoms with Gasteiger partial charge in [-0.05, 0) is 61.4 Å². The molecular formula is C29H35N3O6S. The standard InChI is InChI=1S/C29H35N3O6S/c1-5-30-29(34)22(2)31(19-24-12-9-13-27(18-24)37-3)28(33)20-32(39(4,35)36)25-14-16-26(17-15-25)38-21-23-10-7-6-8-11-23/h6-18,22H,5,19-21H2,1-4H3,(H,30,34). The predicted molar refractivity (Wildman–Crippen MR) is 151 cm³/mol. The number of benzene rings is 3. The Morgan fingerprint density at radius 2 is 1.59 bits per heavy atom. The minimum Gasteiger partial charge on any atom is -0.497 e. The van der Waals surface area contributed by atoms with Crippen molar-refractivity contribution in [3.63, 3.8) is 0 Å². The molecule has 1 atom stereocenters. The van der Waals surface area contributed by atoms with Gasteiger partial charge < -0.3 is 19.7 Å². The van der Waals surface area contributed by atoms with Gasteiger partial charge in [-0.2, -0.15) is 0 Å². The second-order valence-corrected chi connectivity index (χ2v) is 10.9. The minimum absolute atomic E-state index is 0.0954. The Kier molecular flexibility index (Phi) is 10.3. The van der Waals surface area contributed by atoms with Crippen molar-refractivity contribution >= 4 is 27.5 Å². The van der Waals surface area contributed by atoms with Gasteiger partial charge in [0.2, 0.25) is 21.8 Å². The number of amides is 2. The van der Waals surface area contributed by atoms with E-state index in [1.807, 2.05) is 36.4 Å². The summed E-state index contributed by atoms with van der Waals surface area (Å²) in [6.45, 7) is 3.79. The van der Waals surface area contributed by atoms with E-state index in [-0.39, 0.29) is 12.5 Å². The zero-order chi connectivity index (χ0) is 28.4. The second kappa shape index (κ2) is 13.7. The van der Waals surface area contributed by atoms with Crippen LogP contribution < -0.4 is 19.1 Å². The Hall–Kier alpha value is -4.05. The molecule has 0 aliphatic heterocycles. The summed E-state index contributed by atoms with van der Waals surface area (Å²) in [4.78, 5) is 27.6. The fraction of sp³-hybridized carbons (Fsp3) is 0.310. The highest BCUT2D eigenvalue weighted by molar-refractivity contribution is 7.92. The van der Waals surface area contributed by atoms with Crippen LogP contribution in [0, 0.1) is 0 Å². The van der Waals surface area contributed by atoms with E-state index in [0.717, 1.165) is 21.7 Å². The van der Waals surface area contributed by atoms with Crippen LogP contribution in [0.4, 0.5) is 5.69 Å². The Bertz CT molecular complexity index is 1350. The Morgan fingerprint density at radius 1 is 0.923 bits per heavy atom. The van der Waals surface area contributed by atoms with E-state index in [0.29, 0.717) is 30.3 Å². The van der Waals surface area contributed by atoms with Crippen molar-refractivity contribution in [1.82, 2.24) is 10.2 Å². The molecule has 0 aromatic heterocycles. The van der Waals surface area contributed by atoms with Crippen LogP contribution in [0.3, 0.4) is 0 Å². The van der Waals surface area contributed by atoms with Gasteiger partial charge >= 0.3 is 0 Å². The lowest BCUT2D eigenvalue weighted by molar-refractivity contribution is -0.139. The Balaban J connectivity index is 1.82. The second-order valence-electron chi connectivity index (χ2n) is 8.98. The number of ether oxygens (including phenoxy) is 2. The molecule has 0 spiro atoms. The zero-order valence-corrected chi connectivity index (χ0v) is 23.5. The van der Waals surface area contributed by atoms with Crippen LogP contribution in [0.25, 0.3) is 0 Å². The topological polar surface area (TPSA) is 105 Å². The SMILES string of the molecule is CCNC(=O)C(C)N(Cc1cccc(OC)c1)C(=O)CN(c1ccc(OCc2ccccc2)cc1)S(C)(=O)=O. The number of hydrogen-bond acceptors (Lipinski definition) is 6. The van der Waals surface area contributed by atoms with Gasteiger partial charge in [0.1, 0.15) is 30.7 Å². The largest absolute Gasteiger partial charge is 0.497 e.